The van der Waals surface area contributed by atoms with Crippen molar-refractivity contribution < 1.29 is 13.3 Å². The average molecular weight is 313 g/mol. The summed E-state index contributed by atoms with van der Waals surface area (Å²) >= 11 is 0. The van der Waals surface area contributed by atoms with Crippen LogP contribution in [0.1, 0.15) is 39.2 Å². The molecule has 21 heavy (non-hydrogen) atoms. The molecule has 0 bridgehead atoms. The number of quaternary nitrogens is 1. The minimum Gasteiger partial charge on any atom is -0.339 e. The fourth-order valence-electron chi connectivity index (χ4n) is 2.43. The molecule has 5 heteroatoms. The van der Waals surface area contributed by atoms with Gasteiger partial charge in [0.1, 0.15) is 0 Å². The molecule has 120 valence electrons. The summed E-state index contributed by atoms with van der Waals surface area (Å²) in [6, 6.07) is 7.13. The number of hydrogen-bond acceptors (Lipinski definition) is 2. The van der Waals surface area contributed by atoms with E-state index in [-0.39, 0.29) is 5.41 Å². The van der Waals surface area contributed by atoms with E-state index in [1.165, 1.54) is 4.90 Å². The van der Waals surface area contributed by atoms with Crippen molar-refractivity contribution in [3.63, 3.8) is 0 Å². The van der Waals surface area contributed by atoms with Gasteiger partial charge in [0.15, 0.2) is 0 Å². The molecule has 0 amide bonds. The van der Waals surface area contributed by atoms with Crippen molar-refractivity contribution in [2.24, 2.45) is 5.41 Å². The van der Waals surface area contributed by atoms with Crippen molar-refractivity contribution in [1.82, 2.24) is 4.72 Å². The molecule has 0 aliphatic carbocycles. The van der Waals surface area contributed by atoms with Crippen LogP contribution in [-0.4, -0.2) is 35.6 Å². The molecule has 0 radical (unpaired) electrons. The molecule has 1 aromatic rings. The van der Waals surface area contributed by atoms with Gasteiger partial charge in [-0.05, 0) is 23.6 Å². The van der Waals surface area contributed by atoms with Gasteiger partial charge in [-0.3, -0.25) is 0 Å². The van der Waals surface area contributed by atoms with E-state index >= 15 is 0 Å². The van der Waals surface area contributed by atoms with Crippen LogP contribution in [0.3, 0.4) is 0 Å². The van der Waals surface area contributed by atoms with Crippen molar-refractivity contribution in [2.75, 3.05) is 27.2 Å². The van der Waals surface area contributed by atoms with Gasteiger partial charge < -0.3 is 4.90 Å². The Bertz CT molecular complexity index is 546. The van der Waals surface area contributed by atoms with E-state index in [1.54, 1.807) is 12.1 Å². The summed E-state index contributed by atoms with van der Waals surface area (Å²) in [6.45, 7) is 9.67. The molecule has 2 N–H and O–H groups in total. The van der Waals surface area contributed by atoms with E-state index in [0.717, 1.165) is 12.1 Å². The van der Waals surface area contributed by atoms with E-state index in [0.29, 0.717) is 17.4 Å². The van der Waals surface area contributed by atoms with E-state index in [1.807, 2.05) is 12.1 Å². The standard InChI is InChI=1S/C16H28N2O2S/c1-13(2)14-7-9-15(10-8-14)21(19,20)17-11-16(3,4)12-18(5)6/h7-10,13,17H,11-12H2,1-6H3/p+1. The van der Waals surface area contributed by atoms with Crippen LogP contribution < -0.4 is 9.62 Å². The summed E-state index contributed by atoms with van der Waals surface area (Å²) < 4.78 is 27.4. The van der Waals surface area contributed by atoms with Crippen LogP contribution in [0.4, 0.5) is 0 Å². The lowest BCUT2D eigenvalue weighted by Crippen LogP contribution is -3.07. The zero-order valence-electron chi connectivity index (χ0n) is 14.0. The first-order valence-electron chi connectivity index (χ1n) is 7.42. The number of hydrogen-bond donors (Lipinski definition) is 2. The molecule has 1 aromatic carbocycles. The van der Waals surface area contributed by atoms with E-state index < -0.39 is 10.0 Å². The molecule has 0 heterocycles. The van der Waals surface area contributed by atoms with Gasteiger partial charge in [0.2, 0.25) is 10.0 Å². The second-order valence-electron chi connectivity index (χ2n) is 7.10. The van der Waals surface area contributed by atoms with Crippen LogP contribution in [0.15, 0.2) is 29.2 Å². The molecule has 0 aromatic heterocycles. The molecule has 0 aliphatic heterocycles. The van der Waals surface area contributed by atoms with Crippen LogP contribution in [0.2, 0.25) is 0 Å². The second-order valence-corrected chi connectivity index (χ2v) is 8.86. The van der Waals surface area contributed by atoms with Gasteiger partial charge in [0.05, 0.1) is 25.5 Å². The Morgan fingerprint density at radius 2 is 1.67 bits per heavy atom. The largest absolute Gasteiger partial charge is 0.339 e. The minimum absolute atomic E-state index is 0.0796. The van der Waals surface area contributed by atoms with Crippen LogP contribution >= 0.6 is 0 Å². The second kappa shape index (κ2) is 6.90. The van der Waals surface area contributed by atoms with Crippen LogP contribution in [0, 0.1) is 5.41 Å². The molecule has 4 nitrogen and oxygen atoms in total. The maximum Gasteiger partial charge on any atom is 0.240 e. The summed E-state index contributed by atoms with van der Waals surface area (Å²) in [5, 5.41) is 0. The van der Waals surface area contributed by atoms with Crippen molar-refractivity contribution in [3.05, 3.63) is 29.8 Å². The van der Waals surface area contributed by atoms with E-state index in [9.17, 15) is 8.42 Å². The first kappa shape index (κ1) is 18.1. The number of nitrogens with one attached hydrogen (secondary N) is 2. The van der Waals surface area contributed by atoms with Crippen molar-refractivity contribution in [1.29, 1.82) is 0 Å². The minimum atomic E-state index is -3.43. The number of sulfonamides is 1. The lowest BCUT2D eigenvalue weighted by molar-refractivity contribution is -0.865. The molecule has 0 spiro atoms. The highest BCUT2D eigenvalue weighted by Crippen LogP contribution is 2.18. The van der Waals surface area contributed by atoms with Gasteiger partial charge in [0.25, 0.3) is 0 Å². The Morgan fingerprint density at radius 1 is 1.14 bits per heavy atom. The number of rotatable bonds is 7. The Hall–Kier alpha value is -0.910. The summed E-state index contributed by atoms with van der Waals surface area (Å²) in [7, 11) is 0.710. The summed E-state index contributed by atoms with van der Waals surface area (Å²) in [4.78, 5) is 1.64. The van der Waals surface area contributed by atoms with Gasteiger partial charge >= 0.3 is 0 Å². The maximum absolute atomic E-state index is 12.3. The third-order valence-electron chi connectivity index (χ3n) is 3.43. The van der Waals surface area contributed by atoms with Crippen molar-refractivity contribution >= 4 is 10.0 Å². The SMILES string of the molecule is CC(C)c1ccc(S(=O)(=O)NCC(C)(C)C[NH+](C)C)cc1. The molecule has 0 atom stereocenters. The molecular formula is C16H29N2O2S+. The Kier molecular flexibility index (Phi) is 5.96. The highest BCUT2D eigenvalue weighted by molar-refractivity contribution is 7.89. The highest BCUT2D eigenvalue weighted by Gasteiger charge is 2.25. The first-order chi connectivity index (χ1) is 9.53. The third-order valence-corrected chi connectivity index (χ3v) is 4.85. The maximum atomic E-state index is 12.3. The fourth-order valence-corrected chi connectivity index (χ4v) is 3.67. The monoisotopic (exact) mass is 313 g/mol. The third kappa shape index (κ3) is 5.77. The van der Waals surface area contributed by atoms with Gasteiger partial charge in [-0.1, -0.05) is 39.8 Å². The van der Waals surface area contributed by atoms with Gasteiger partial charge in [-0.15, -0.1) is 0 Å². The molecule has 1 rings (SSSR count). The Balaban J connectivity index is 2.78. The predicted molar refractivity (Wildman–Crippen MR) is 87.2 cm³/mol. The van der Waals surface area contributed by atoms with Gasteiger partial charge in [-0.25, -0.2) is 13.1 Å². The summed E-state index contributed by atoms with van der Waals surface area (Å²) in [5.74, 6) is 0.400. The first-order valence-corrected chi connectivity index (χ1v) is 8.90. The molecule has 0 saturated heterocycles. The average Bonchev–Trinajstić information content (AvgIpc) is 2.35. The molecule has 0 aliphatic rings. The van der Waals surface area contributed by atoms with E-state index in [2.05, 4.69) is 46.5 Å². The lowest BCUT2D eigenvalue weighted by atomic mass is 9.93. The lowest BCUT2D eigenvalue weighted by Gasteiger charge is -2.26. The number of benzene rings is 1. The molecule has 0 saturated carbocycles. The van der Waals surface area contributed by atoms with Crippen LogP contribution in [0.5, 0.6) is 0 Å². The van der Waals surface area contributed by atoms with Crippen molar-refractivity contribution in [2.45, 2.75) is 38.5 Å². The normalized spacial score (nSPS) is 13.1. The summed E-state index contributed by atoms with van der Waals surface area (Å²) in [5.41, 5.74) is 1.06. The topological polar surface area (TPSA) is 50.6 Å². The quantitative estimate of drug-likeness (QED) is 0.796. The molecule has 0 fully saturated rings. The zero-order chi connectivity index (χ0) is 16.3. The van der Waals surface area contributed by atoms with Gasteiger partial charge in [-0.2, -0.15) is 0 Å². The smallest absolute Gasteiger partial charge is 0.240 e. The molecule has 0 unspecified atom stereocenters. The Labute approximate surface area is 129 Å². The van der Waals surface area contributed by atoms with Crippen LogP contribution in [-0.2, 0) is 10.0 Å². The van der Waals surface area contributed by atoms with Crippen LogP contribution in [0.25, 0.3) is 0 Å². The van der Waals surface area contributed by atoms with E-state index in [4.69, 9.17) is 0 Å². The fraction of sp³-hybridized carbons (Fsp3) is 0.625. The molecular weight excluding hydrogens is 284 g/mol. The highest BCUT2D eigenvalue weighted by atomic mass is 32.2. The summed E-state index contributed by atoms with van der Waals surface area (Å²) in [6.07, 6.45) is 0. The van der Waals surface area contributed by atoms with Gasteiger partial charge in [0, 0.05) is 12.0 Å². The Morgan fingerprint density at radius 3 is 2.10 bits per heavy atom. The predicted octanol–water partition coefficient (Wildman–Crippen LogP) is 1.26. The zero-order valence-corrected chi connectivity index (χ0v) is 14.8. The van der Waals surface area contributed by atoms with Crippen molar-refractivity contribution in [3.8, 4) is 0 Å².